The van der Waals surface area contributed by atoms with Crippen molar-refractivity contribution in [2.24, 2.45) is 5.73 Å². The van der Waals surface area contributed by atoms with Crippen LogP contribution in [-0.2, 0) is 0 Å². The predicted octanol–water partition coefficient (Wildman–Crippen LogP) is 2.92. The van der Waals surface area contributed by atoms with Gasteiger partial charge < -0.3 is 11.1 Å². The summed E-state index contributed by atoms with van der Waals surface area (Å²) in [7, 11) is 0. The first-order valence-electron chi connectivity index (χ1n) is 6.68. The van der Waals surface area contributed by atoms with E-state index in [0.29, 0.717) is 12.1 Å². The van der Waals surface area contributed by atoms with Gasteiger partial charge in [-0.2, -0.15) is 0 Å². The maximum Gasteiger partial charge on any atom is 0.0437 e. The van der Waals surface area contributed by atoms with E-state index >= 15 is 0 Å². The van der Waals surface area contributed by atoms with Crippen molar-refractivity contribution in [2.75, 3.05) is 5.32 Å². The summed E-state index contributed by atoms with van der Waals surface area (Å²) >= 11 is 0. The Balaban J connectivity index is 1.86. The van der Waals surface area contributed by atoms with Gasteiger partial charge in [-0.3, -0.25) is 4.98 Å². The van der Waals surface area contributed by atoms with Crippen LogP contribution in [0.5, 0.6) is 0 Å². The van der Waals surface area contributed by atoms with Crippen LogP contribution in [0.4, 0.5) is 5.69 Å². The molecule has 2 aromatic rings. The van der Waals surface area contributed by atoms with Gasteiger partial charge in [0.2, 0.25) is 0 Å². The second kappa shape index (κ2) is 4.94. The Morgan fingerprint density at radius 3 is 3.06 bits per heavy atom. The summed E-state index contributed by atoms with van der Waals surface area (Å²) in [6.07, 6.45) is 8.43. The van der Waals surface area contributed by atoms with Gasteiger partial charge in [0.1, 0.15) is 0 Å². The van der Waals surface area contributed by atoms with Crippen LogP contribution < -0.4 is 11.1 Å². The van der Waals surface area contributed by atoms with Crippen molar-refractivity contribution < 1.29 is 0 Å². The Morgan fingerprint density at radius 2 is 2.17 bits per heavy atom. The first kappa shape index (κ1) is 11.5. The molecule has 2 atom stereocenters. The molecule has 0 saturated heterocycles. The van der Waals surface area contributed by atoms with Crippen LogP contribution in [0.2, 0.25) is 0 Å². The van der Waals surface area contributed by atoms with Crippen LogP contribution in [0.3, 0.4) is 0 Å². The first-order valence-corrected chi connectivity index (χ1v) is 6.68. The van der Waals surface area contributed by atoms with E-state index in [9.17, 15) is 0 Å². The molecule has 1 aromatic carbocycles. The first-order chi connectivity index (χ1) is 8.83. The van der Waals surface area contributed by atoms with E-state index in [4.69, 9.17) is 5.73 Å². The molecule has 1 fully saturated rings. The molecule has 3 nitrogen and oxygen atoms in total. The highest BCUT2D eigenvalue weighted by Crippen LogP contribution is 2.26. The number of hydrogen-bond donors (Lipinski definition) is 2. The SMILES string of the molecule is NC1CCCC(Nc2cccc3ccncc23)C1. The zero-order valence-corrected chi connectivity index (χ0v) is 10.5. The molecule has 1 aliphatic carbocycles. The molecule has 18 heavy (non-hydrogen) atoms. The van der Waals surface area contributed by atoms with Crippen molar-refractivity contribution in [3.63, 3.8) is 0 Å². The van der Waals surface area contributed by atoms with Crippen LogP contribution in [0.1, 0.15) is 25.7 Å². The molecule has 1 aliphatic rings. The minimum absolute atomic E-state index is 0.351. The minimum atomic E-state index is 0.351. The molecule has 1 saturated carbocycles. The Morgan fingerprint density at radius 1 is 1.22 bits per heavy atom. The van der Waals surface area contributed by atoms with Gasteiger partial charge >= 0.3 is 0 Å². The lowest BCUT2D eigenvalue weighted by Crippen LogP contribution is -2.34. The fraction of sp³-hybridized carbons (Fsp3) is 0.400. The number of rotatable bonds is 2. The fourth-order valence-corrected chi connectivity index (χ4v) is 2.82. The molecular weight excluding hydrogens is 222 g/mol. The molecule has 94 valence electrons. The average molecular weight is 241 g/mol. The standard InChI is InChI=1S/C15H19N3/c16-12-4-2-5-13(9-12)18-15-6-1-3-11-7-8-17-10-14(11)15/h1,3,6-8,10,12-13,18H,2,4-5,9,16H2. The molecule has 2 unspecified atom stereocenters. The summed E-state index contributed by atoms with van der Waals surface area (Å²) < 4.78 is 0. The average Bonchev–Trinajstić information content (AvgIpc) is 2.39. The van der Waals surface area contributed by atoms with E-state index in [0.717, 1.165) is 12.8 Å². The molecule has 0 spiro atoms. The summed E-state index contributed by atoms with van der Waals surface area (Å²) in [5.74, 6) is 0. The maximum absolute atomic E-state index is 6.04. The van der Waals surface area contributed by atoms with Gasteiger partial charge in [0.15, 0.2) is 0 Å². The highest BCUT2D eigenvalue weighted by atomic mass is 14.9. The van der Waals surface area contributed by atoms with Crippen LogP contribution >= 0.6 is 0 Å². The number of aromatic nitrogens is 1. The zero-order chi connectivity index (χ0) is 12.4. The van der Waals surface area contributed by atoms with Gasteiger partial charge in [0, 0.05) is 35.6 Å². The van der Waals surface area contributed by atoms with Crippen molar-refractivity contribution in [3.8, 4) is 0 Å². The highest BCUT2D eigenvalue weighted by molar-refractivity contribution is 5.93. The molecular formula is C15H19N3. The Labute approximate surface area is 107 Å². The van der Waals surface area contributed by atoms with Crippen LogP contribution in [0.15, 0.2) is 36.7 Å². The molecule has 3 rings (SSSR count). The molecule has 1 aromatic heterocycles. The van der Waals surface area contributed by atoms with Crippen LogP contribution in [0.25, 0.3) is 10.8 Å². The van der Waals surface area contributed by atoms with E-state index in [1.807, 2.05) is 18.5 Å². The Kier molecular flexibility index (Phi) is 3.15. The monoisotopic (exact) mass is 241 g/mol. The summed E-state index contributed by atoms with van der Waals surface area (Å²) in [5.41, 5.74) is 7.22. The number of fused-ring (bicyclic) bond motifs is 1. The van der Waals surface area contributed by atoms with E-state index in [1.54, 1.807) is 0 Å². The van der Waals surface area contributed by atoms with Crippen molar-refractivity contribution in [1.82, 2.24) is 4.98 Å². The summed E-state index contributed by atoms with van der Waals surface area (Å²) in [6, 6.07) is 9.24. The lowest BCUT2D eigenvalue weighted by atomic mass is 9.91. The summed E-state index contributed by atoms with van der Waals surface area (Å²) in [6.45, 7) is 0. The number of benzene rings is 1. The second-order valence-corrected chi connectivity index (χ2v) is 5.17. The number of pyridine rings is 1. The fourth-order valence-electron chi connectivity index (χ4n) is 2.82. The van der Waals surface area contributed by atoms with E-state index in [2.05, 4.69) is 28.5 Å². The molecule has 0 bridgehead atoms. The van der Waals surface area contributed by atoms with Gasteiger partial charge in [-0.15, -0.1) is 0 Å². The number of hydrogen-bond acceptors (Lipinski definition) is 3. The van der Waals surface area contributed by atoms with Gasteiger partial charge in [-0.25, -0.2) is 0 Å². The number of nitrogens with one attached hydrogen (secondary N) is 1. The topological polar surface area (TPSA) is 50.9 Å². The highest BCUT2D eigenvalue weighted by Gasteiger charge is 2.19. The third-order valence-corrected chi connectivity index (χ3v) is 3.76. The Hall–Kier alpha value is -1.61. The molecule has 0 radical (unpaired) electrons. The third-order valence-electron chi connectivity index (χ3n) is 3.76. The lowest BCUT2D eigenvalue weighted by molar-refractivity contribution is 0.410. The predicted molar refractivity (Wildman–Crippen MR) is 75.6 cm³/mol. The van der Waals surface area contributed by atoms with Gasteiger partial charge in [-0.05, 0) is 43.2 Å². The zero-order valence-electron chi connectivity index (χ0n) is 10.5. The largest absolute Gasteiger partial charge is 0.382 e. The van der Waals surface area contributed by atoms with Crippen LogP contribution in [0, 0.1) is 0 Å². The van der Waals surface area contributed by atoms with Gasteiger partial charge in [0.25, 0.3) is 0 Å². The van der Waals surface area contributed by atoms with Crippen molar-refractivity contribution in [1.29, 1.82) is 0 Å². The van der Waals surface area contributed by atoms with Crippen molar-refractivity contribution in [3.05, 3.63) is 36.7 Å². The molecule has 3 N–H and O–H groups in total. The number of nitrogens with two attached hydrogens (primary N) is 1. The van der Waals surface area contributed by atoms with Crippen LogP contribution in [-0.4, -0.2) is 17.1 Å². The molecule has 3 heteroatoms. The Bertz CT molecular complexity index is 533. The van der Waals surface area contributed by atoms with Gasteiger partial charge in [-0.1, -0.05) is 12.1 Å². The number of nitrogens with zero attached hydrogens (tertiary/aromatic N) is 1. The number of anilines is 1. The third kappa shape index (κ3) is 2.31. The molecule has 0 amide bonds. The quantitative estimate of drug-likeness (QED) is 0.850. The second-order valence-electron chi connectivity index (χ2n) is 5.17. The molecule has 1 heterocycles. The van der Waals surface area contributed by atoms with E-state index in [-0.39, 0.29) is 0 Å². The normalized spacial score (nSPS) is 24.1. The molecule has 0 aliphatic heterocycles. The van der Waals surface area contributed by atoms with Crippen molar-refractivity contribution in [2.45, 2.75) is 37.8 Å². The lowest BCUT2D eigenvalue weighted by Gasteiger charge is -2.28. The van der Waals surface area contributed by atoms with E-state index < -0.39 is 0 Å². The van der Waals surface area contributed by atoms with E-state index in [1.165, 1.54) is 29.3 Å². The summed E-state index contributed by atoms with van der Waals surface area (Å²) in [4.78, 5) is 4.22. The van der Waals surface area contributed by atoms with Crippen molar-refractivity contribution >= 4 is 16.5 Å². The maximum atomic E-state index is 6.04. The smallest absolute Gasteiger partial charge is 0.0437 e. The summed E-state index contributed by atoms with van der Waals surface area (Å²) in [5, 5.41) is 6.06. The minimum Gasteiger partial charge on any atom is -0.382 e. The van der Waals surface area contributed by atoms with Gasteiger partial charge in [0.05, 0.1) is 0 Å².